The zero-order valence-electron chi connectivity index (χ0n) is 10.2. The Morgan fingerprint density at radius 2 is 1.88 bits per heavy atom. The van der Waals surface area contributed by atoms with E-state index in [-0.39, 0.29) is 24.0 Å². The first-order chi connectivity index (χ1) is 8.11. The van der Waals surface area contributed by atoms with E-state index in [9.17, 15) is 8.42 Å². The van der Waals surface area contributed by atoms with E-state index in [1.54, 1.807) is 0 Å². The highest BCUT2D eigenvalue weighted by Crippen LogP contribution is 2.27. The number of hydrogen-bond donors (Lipinski definition) is 1. The highest BCUT2D eigenvalue weighted by Gasteiger charge is 2.35. The van der Waals surface area contributed by atoms with Crippen molar-refractivity contribution < 1.29 is 17.9 Å². The number of sulfonamides is 1. The van der Waals surface area contributed by atoms with Crippen LogP contribution in [0.15, 0.2) is 0 Å². The minimum atomic E-state index is -3.12. The highest BCUT2D eigenvalue weighted by molar-refractivity contribution is 7.89. The first-order valence-electron chi connectivity index (χ1n) is 6.34. The van der Waals surface area contributed by atoms with E-state index >= 15 is 0 Å². The first-order valence-corrected chi connectivity index (χ1v) is 7.99. The van der Waals surface area contributed by atoms with Gasteiger partial charge in [-0.15, -0.1) is 0 Å². The second-order valence-electron chi connectivity index (χ2n) is 4.77. The van der Waals surface area contributed by atoms with Crippen LogP contribution in [-0.2, 0) is 19.5 Å². The molecule has 1 N–H and O–H groups in total. The Balaban J connectivity index is 1.87. The summed E-state index contributed by atoms with van der Waals surface area (Å²) in [6.07, 6.45) is 3.32. The summed E-state index contributed by atoms with van der Waals surface area (Å²) in [6.45, 7) is 3.15. The van der Waals surface area contributed by atoms with Gasteiger partial charge in [0.1, 0.15) is 0 Å². The van der Waals surface area contributed by atoms with E-state index in [0.717, 1.165) is 19.3 Å². The third-order valence-corrected chi connectivity index (χ3v) is 4.94. The van der Waals surface area contributed by atoms with Crippen molar-refractivity contribution in [2.75, 3.05) is 19.0 Å². The van der Waals surface area contributed by atoms with Crippen molar-refractivity contribution in [3.8, 4) is 0 Å². The highest BCUT2D eigenvalue weighted by atomic mass is 32.2. The molecule has 5 nitrogen and oxygen atoms in total. The number of rotatable bonds is 4. The van der Waals surface area contributed by atoms with E-state index in [2.05, 4.69) is 4.72 Å². The van der Waals surface area contributed by atoms with Crippen molar-refractivity contribution in [2.45, 2.75) is 50.9 Å². The van der Waals surface area contributed by atoms with Crippen molar-refractivity contribution in [1.82, 2.24) is 4.72 Å². The molecule has 1 aliphatic carbocycles. The molecule has 1 heterocycles. The molecule has 0 spiro atoms. The zero-order valence-corrected chi connectivity index (χ0v) is 11.0. The predicted molar refractivity (Wildman–Crippen MR) is 64.3 cm³/mol. The zero-order chi connectivity index (χ0) is 12.3. The maximum Gasteiger partial charge on any atom is 0.211 e. The lowest BCUT2D eigenvalue weighted by molar-refractivity contribution is -0.156. The normalized spacial score (nSPS) is 34.3. The predicted octanol–water partition coefficient (Wildman–Crippen LogP) is 0.652. The molecule has 3 unspecified atom stereocenters. The van der Waals surface area contributed by atoms with E-state index in [1.165, 1.54) is 0 Å². The van der Waals surface area contributed by atoms with Crippen LogP contribution in [0, 0.1) is 0 Å². The Bertz CT molecular complexity index is 343. The van der Waals surface area contributed by atoms with Crippen molar-refractivity contribution in [2.24, 2.45) is 0 Å². The lowest BCUT2D eigenvalue weighted by Gasteiger charge is -2.38. The summed E-state index contributed by atoms with van der Waals surface area (Å²) in [5.74, 6) is 0.203. The molecule has 0 bridgehead atoms. The molecule has 3 atom stereocenters. The van der Waals surface area contributed by atoms with Crippen molar-refractivity contribution in [1.29, 1.82) is 0 Å². The molecule has 0 aromatic heterocycles. The molecule has 2 aliphatic rings. The molecular formula is C11H21NO4S. The standard InChI is InChI=1S/C11H21NO4S/c1-2-7-17(13,14)12-9-3-4-10-11(8-9)16-6-5-15-10/h9-12H,2-8H2,1H3. The fraction of sp³-hybridized carbons (Fsp3) is 1.00. The van der Waals surface area contributed by atoms with Gasteiger partial charge in [0.15, 0.2) is 0 Å². The third-order valence-electron chi connectivity index (χ3n) is 3.30. The molecule has 0 radical (unpaired) electrons. The largest absolute Gasteiger partial charge is 0.373 e. The van der Waals surface area contributed by atoms with Gasteiger partial charge in [0, 0.05) is 6.04 Å². The van der Waals surface area contributed by atoms with Crippen LogP contribution >= 0.6 is 0 Å². The third kappa shape index (κ3) is 3.64. The van der Waals surface area contributed by atoms with Gasteiger partial charge in [-0.25, -0.2) is 13.1 Å². The summed E-state index contributed by atoms with van der Waals surface area (Å²) in [5.41, 5.74) is 0. The Morgan fingerprint density at radius 3 is 2.59 bits per heavy atom. The molecular weight excluding hydrogens is 242 g/mol. The van der Waals surface area contributed by atoms with Gasteiger partial charge >= 0.3 is 0 Å². The van der Waals surface area contributed by atoms with Gasteiger partial charge in [0.25, 0.3) is 0 Å². The van der Waals surface area contributed by atoms with Crippen LogP contribution in [0.1, 0.15) is 32.6 Å². The van der Waals surface area contributed by atoms with Crippen LogP contribution in [0.5, 0.6) is 0 Å². The summed E-state index contributed by atoms with van der Waals surface area (Å²) < 4.78 is 37.3. The summed E-state index contributed by atoms with van der Waals surface area (Å²) >= 11 is 0. The Kier molecular flexibility index (Phi) is 4.41. The van der Waals surface area contributed by atoms with Crippen molar-refractivity contribution in [3.63, 3.8) is 0 Å². The average Bonchev–Trinajstić information content (AvgIpc) is 2.28. The Morgan fingerprint density at radius 1 is 1.18 bits per heavy atom. The van der Waals surface area contributed by atoms with Gasteiger partial charge in [-0.3, -0.25) is 0 Å². The van der Waals surface area contributed by atoms with E-state index < -0.39 is 10.0 Å². The second-order valence-corrected chi connectivity index (χ2v) is 6.64. The van der Waals surface area contributed by atoms with Crippen molar-refractivity contribution in [3.05, 3.63) is 0 Å². The Labute approximate surface area is 103 Å². The smallest absolute Gasteiger partial charge is 0.211 e. The van der Waals surface area contributed by atoms with Crippen LogP contribution in [-0.4, -0.2) is 45.6 Å². The minimum absolute atomic E-state index is 0.00880. The average molecular weight is 263 g/mol. The number of ether oxygens (including phenoxy) is 2. The van der Waals surface area contributed by atoms with Gasteiger partial charge < -0.3 is 9.47 Å². The maximum absolute atomic E-state index is 11.7. The molecule has 1 aliphatic heterocycles. The van der Waals surface area contributed by atoms with Crippen LogP contribution in [0.2, 0.25) is 0 Å². The van der Waals surface area contributed by atoms with E-state index in [1.807, 2.05) is 6.92 Å². The summed E-state index contributed by atoms with van der Waals surface area (Å²) in [5, 5.41) is 0. The summed E-state index contributed by atoms with van der Waals surface area (Å²) in [6, 6.07) is 0.00880. The van der Waals surface area contributed by atoms with E-state index in [4.69, 9.17) is 9.47 Å². The van der Waals surface area contributed by atoms with E-state index in [0.29, 0.717) is 19.6 Å². The molecule has 2 rings (SSSR count). The fourth-order valence-electron chi connectivity index (χ4n) is 2.56. The van der Waals surface area contributed by atoms with Crippen LogP contribution in [0.25, 0.3) is 0 Å². The van der Waals surface area contributed by atoms with Crippen LogP contribution in [0.4, 0.5) is 0 Å². The Hall–Kier alpha value is -0.170. The summed E-state index contributed by atoms with van der Waals surface area (Å²) in [4.78, 5) is 0. The number of nitrogens with one attached hydrogen (secondary N) is 1. The molecule has 17 heavy (non-hydrogen) atoms. The van der Waals surface area contributed by atoms with Gasteiger partial charge in [0.05, 0.1) is 31.2 Å². The van der Waals surface area contributed by atoms with Crippen LogP contribution in [0.3, 0.4) is 0 Å². The molecule has 0 amide bonds. The monoisotopic (exact) mass is 263 g/mol. The number of hydrogen-bond acceptors (Lipinski definition) is 4. The molecule has 100 valence electrons. The first kappa shape index (κ1) is 13.3. The SMILES string of the molecule is CCCS(=O)(=O)NC1CCC2OCCOC2C1. The maximum atomic E-state index is 11.7. The summed E-state index contributed by atoms with van der Waals surface area (Å²) in [7, 11) is -3.12. The lowest BCUT2D eigenvalue weighted by atomic mass is 9.90. The van der Waals surface area contributed by atoms with Crippen LogP contribution < -0.4 is 4.72 Å². The molecule has 2 fully saturated rings. The molecule has 0 aromatic rings. The topological polar surface area (TPSA) is 64.6 Å². The van der Waals surface area contributed by atoms with Crippen molar-refractivity contribution >= 4 is 10.0 Å². The minimum Gasteiger partial charge on any atom is -0.373 e. The molecule has 1 saturated carbocycles. The van der Waals surface area contributed by atoms with Gasteiger partial charge in [-0.05, 0) is 25.7 Å². The fourth-order valence-corrected chi connectivity index (χ4v) is 3.93. The second kappa shape index (κ2) is 5.65. The van der Waals surface area contributed by atoms with Gasteiger partial charge in [0.2, 0.25) is 10.0 Å². The molecule has 6 heteroatoms. The molecule has 0 aromatic carbocycles. The quantitative estimate of drug-likeness (QED) is 0.809. The van der Waals surface area contributed by atoms with Gasteiger partial charge in [-0.1, -0.05) is 6.92 Å². The molecule has 1 saturated heterocycles. The van der Waals surface area contributed by atoms with Gasteiger partial charge in [-0.2, -0.15) is 0 Å². The lowest BCUT2D eigenvalue weighted by Crippen LogP contribution is -2.49. The number of fused-ring (bicyclic) bond motifs is 1.